The molecule has 2 heterocycles. The highest BCUT2D eigenvalue weighted by molar-refractivity contribution is 7.89. The van der Waals surface area contributed by atoms with Gasteiger partial charge < -0.3 is 10.6 Å². The molecule has 0 aliphatic carbocycles. The van der Waals surface area contributed by atoms with Crippen molar-refractivity contribution in [1.29, 1.82) is 0 Å². The number of hydrogen-bond donors (Lipinski definition) is 2. The van der Waals surface area contributed by atoms with Gasteiger partial charge in [0.2, 0.25) is 15.9 Å². The fraction of sp³-hybridized carbons (Fsp3) is 0.150. The van der Waals surface area contributed by atoms with Crippen LogP contribution in [0.2, 0.25) is 0 Å². The van der Waals surface area contributed by atoms with E-state index >= 15 is 0 Å². The number of halogens is 1. The van der Waals surface area contributed by atoms with Gasteiger partial charge in [0.05, 0.1) is 17.1 Å². The predicted octanol–water partition coefficient (Wildman–Crippen LogP) is 1.38. The molecular weight excluding hydrogens is 425 g/mol. The number of anilines is 1. The third-order valence-corrected chi connectivity index (χ3v) is 6.47. The minimum atomic E-state index is -3.89. The van der Waals surface area contributed by atoms with Gasteiger partial charge in [-0.3, -0.25) is 9.59 Å². The Kier molecular flexibility index (Phi) is 5.53. The topological polar surface area (TPSA) is 113 Å². The predicted molar refractivity (Wildman–Crippen MR) is 110 cm³/mol. The Morgan fingerprint density at radius 3 is 2.71 bits per heavy atom. The van der Waals surface area contributed by atoms with Crippen LogP contribution < -0.4 is 10.6 Å². The molecule has 2 aromatic carbocycles. The second-order valence-corrected chi connectivity index (χ2v) is 8.73. The van der Waals surface area contributed by atoms with Gasteiger partial charge >= 0.3 is 0 Å². The zero-order valence-corrected chi connectivity index (χ0v) is 17.0. The zero-order chi connectivity index (χ0) is 22.0. The van der Waals surface area contributed by atoms with Gasteiger partial charge in [0.15, 0.2) is 5.69 Å². The molecule has 1 aliphatic heterocycles. The lowest BCUT2D eigenvalue weighted by Gasteiger charge is -2.26. The largest absolute Gasteiger partial charge is 0.354 e. The van der Waals surface area contributed by atoms with E-state index in [1.54, 1.807) is 12.1 Å². The summed E-state index contributed by atoms with van der Waals surface area (Å²) in [5.41, 5.74) is 0.788. The van der Waals surface area contributed by atoms with E-state index in [0.29, 0.717) is 5.69 Å². The molecule has 0 saturated carbocycles. The van der Waals surface area contributed by atoms with Gasteiger partial charge in [-0.05, 0) is 42.5 Å². The number of piperazine rings is 1. The Morgan fingerprint density at radius 1 is 1.13 bits per heavy atom. The minimum Gasteiger partial charge on any atom is -0.354 e. The molecular formula is C20H18FN5O4S. The van der Waals surface area contributed by atoms with E-state index in [9.17, 15) is 22.4 Å². The Balaban J connectivity index is 1.51. The Labute approximate surface area is 177 Å². The number of carbonyl (C=O) groups is 2. The van der Waals surface area contributed by atoms with Crippen LogP contribution in [0.5, 0.6) is 0 Å². The molecule has 0 unspecified atom stereocenters. The van der Waals surface area contributed by atoms with Gasteiger partial charge in [-0.1, -0.05) is 12.1 Å². The third kappa shape index (κ3) is 4.47. The molecule has 9 nitrogen and oxygen atoms in total. The number of sulfonamides is 1. The van der Waals surface area contributed by atoms with Gasteiger partial charge in [0, 0.05) is 25.0 Å². The Hall–Kier alpha value is -3.57. The van der Waals surface area contributed by atoms with Crippen LogP contribution in [-0.2, 0) is 14.8 Å². The molecule has 0 atom stereocenters. The van der Waals surface area contributed by atoms with Crippen LogP contribution in [0, 0.1) is 5.82 Å². The van der Waals surface area contributed by atoms with Crippen LogP contribution in [0.3, 0.4) is 0 Å². The fourth-order valence-electron chi connectivity index (χ4n) is 3.11. The van der Waals surface area contributed by atoms with E-state index in [1.807, 2.05) is 0 Å². The van der Waals surface area contributed by atoms with Gasteiger partial charge in [0.1, 0.15) is 5.82 Å². The SMILES string of the molecule is O=C1CN(S(=O)(=O)c2cccc(NC(=O)c3ccn(-c4cccc(F)c4)n3)c2)CCN1. The molecule has 1 aliphatic rings. The summed E-state index contributed by atoms with van der Waals surface area (Å²) in [6.07, 6.45) is 1.52. The van der Waals surface area contributed by atoms with E-state index in [-0.39, 0.29) is 41.8 Å². The highest BCUT2D eigenvalue weighted by Crippen LogP contribution is 2.21. The lowest BCUT2D eigenvalue weighted by Crippen LogP contribution is -2.49. The van der Waals surface area contributed by atoms with Crippen molar-refractivity contribution in [3.63, 3.8) is 0 Å². The number of rotatable bonds is 5. The summed E-state index contributed by atoms with van der Waals surface area (Å²) < 4.78 is 41.5. The molecule has 2 amide bonds. The molecule has 2 N–H and O–H groups in total. The monoisotopic (exact) mass is 443 g/mol. The number of hydrogen-bond acceptors (Lipinski definition) is 5. The Bertz CT molecular complexity index is 1260. The van der Waals surface area contributed by atoms with Crippen molar-refractivity contribution in [3.05, 3.63) is 72.3 Å². The summed E-state index contributed by atoms with van der Waals surface area (Å²) in [5.74, 6) is -1.35. The molecule has 3 aromatic rings. The van der Waals surface area contributed by atoms with Gasteiger partial charge in [-0.2, -0.15) is 9.40 Å². The normalized spacial score (nSPS) is 14.8. The maximum absolute atomic E-state index is 13.4. The average molecular weight is 443 g/mol. The number of amides is 2. The van der Waals surface area contributed by atoms with Crippen LogP contribution in [0.25, 0.3) is 5.69 Å². The van der Waals surface area contributed by atoms with Crippen molar-refractivity contribution in [2.24, 2.45) is 0 Å². The number of carbonyl (C=O) groups excluding carboxylic acids is 2. The zero-order valence-electron chi connectivity index (χ0n) is 16.2. The van der Waals surface area contributed by atoms with E-state index < -0.39 is 21.7 Å². The first-order chi connectivity index (χ1) is 14.8. The summed E-state index contributed by atoms with van der Waals surface area (Å²) in [6.45, 7) is 0.154. The second-order valence-electron chi connectivity index (χ2n) is 6.80. The molecule has 1 saturated heterocycles. The van der Waals surface area contributed by atoms with Crippen molar-refractivity contribution in [2.75, 3.05) is 25.0 Å². The summed E-state index contributed by atoms with van der Waals surface area (Å²) in [4.78, 5) is 24.1. The highest BCUT2D eigenvalue weighted by atomic mass is 32.2. The molecule has 1 aromatic heterocycles. The maximum atomic E-state index is 13.4. The number of nitrogens with one attached hydrogen (secondary N) is 2. The molecule has 0 radical (unpaired) electrons. The van der Waals surface area contributed by atoms with Crippen LogP contribution in [0.15, 0.2) is 65.7 Å². The van der Waals surface area contributed by atoms with E-state index in [2.05, 4.69) is 15.7 Å². The lowest BCUT2D eigenvalue weighted by atomic mass is 10.3. The van der Waals surface area contributed by atoms with Crippen molar-refractivity contribution in [1.82, 2.24) is 19.4 Å². The second kappa shape index (κ2) is 8.28. The third-order valence-electron chi connectivity index (χ3n) is 4.63. The van der Waals surface area contributed by atoms with Crippen molar-refractivity contribution in [2.45, 2.75) is 4.90 Å². The maximum Gasteiger partial charge on any atom is 0.276 e. The van der Waals surface area contributed by atoms with E-state index in [1.165, 1.54) is 53.3 Å². The number of benzene rings is 2. The van der Waals surface area contributed by atoms with Crippen LogP contribution in [0.1, 0.15) is 10.5 Å². The Morgan fingerprint density at radius 2 is 1.94 bits per heavy atom. The van der Waals surface area contributed by atoms with Gasteiger partial charge in [-0.15, -0.1) is 0 Å². The number of nitrogens with zero attached hydrogens (tertiary/aromatic N) is 3. The van der Waals surface area contributed by atoms with Gasteiger partial charge in [0.25, 0.3) is 5.91 Å². The summed E-state index contributed by atoms with van der Waals surface area (Å²) in [6, 6.07) is 13.0. The molecule has 0 bridgehead atoms. The number of aromatic nitrogens is 2. The molecule has 0 spiro atoms. The van der Waals surface area contributed by atoms with Gasteiger partial charge in [-0.25, -0.2) is 17.5 Å². The molecule has 160 valence electrons. The standard InChI is InChI=1S/C20H18FN5O4S/c21-14-3-1-5-16(11-14)26-9-7-18(24-26)20(28)23-15-4-2-6-17(12-15)31(29,30)25-10-8-22-19(27)13-25/h1-7,9,11-12H,8,10,13H2,(H,22,27)(H,23,28). The summed E-state index contributed by atoms with van der Waals surface area (Å²) >= 11 is 0. The van der Waals surface area contributed by atoms with E-state index in [0.717, 1.165) is 4.31 Å². The van der Waals surface area contributed by atoms with E-state index in [4.69, 9.17) is 0 Å². The minimum absolute atomic E-state index is 0.0368. The van der Waals surface area contributed by atoms with Crippen molar-refractivity contribution < 1.29 is 22.4 Å². The quantitative estimate of drug-likeness (QED) is 0.619. The van der Waals surface area contributed by atoms with Crippen LogP contribution in [-0.4, -0.2) is 54.0 Å². The first-order valence-corrected chi connectivity index (χ1v) is 10.8. The molecule has 31 heavy (non-hydrogen) atoms. The molecule has 4 rings (SSSR count). The first-order valence-electron chi connectivity index (χ1n) is 9.33. The molecule has 1 fully saturated rings. The highest BCUT2D eigenvalue weighted by Gasteiger charge is 2.29. The smallest absolute Gasteiger partial charge is 0.276 e. The lowest BCUT2D eigenvalue weighted by molar-refractivity contribution is -0.122. The molecule has 11 heteroatoms. The van der Waals surface area contributed by atoms with Crippen LogP contribution in [0.4, 0.5) is 10.1 Å². The van der Waals surface area contributed by atoms with Crippen molar-refractivity contribution in [3.8, 4) is 5.69 Å². The fourth-order valence-corrected chi connectivity index (χ4v) is 4.55. The first kappa shape index (κ1) is 20.7. The van der Waals surface area contributed by atoms with Crippen molar-refractivity contribution >= 4 is 27.5 Å². The van der Waals surface area contributed by atoms with Crippen LogP contribution >= 0.6 is 0 Å². The average Bonchev–Trinajstić information content (AvgIpc) is 3.24. The summed E-state index contributed by atoms with van der Waals surface area (Å²) in [7, 11) is -3.89. The summed E-state index contributed by atoms with van der Waals surface area (Å²) in [5, 5.41) is 9.32.